The molecule has 0 aromatic heterocycles. The van der Waals surface area contributed by atoms with Gasteiger partial charge in [0.25, 0.3) is 0 Å². The second-order valence-electron chi connectivity index (χ2n) is 6.58. The van der Waals surface area contributed by atoms with Gasteiger partial charge in [-0.25, -0.2) is 9.59 Å². The smallest absolute Gasteiger partial charge is 0.348 e. The zero-order chi connectivity index (χ0) is 24.2. The topological polar surface area (TPSA) is 104 Å². The Bertz CT molecular complexity index is 1100. The molecule has 0 saturated heterocycles. The molecule has 2 rings (SSSR count). The summed E-state index contributed by atoms with van der Waals surface area (Å²) < 4.78 is 26.1. The van der Waals surface area contributed by atoms with Gasteiger partial charge in [0.2, 0.25) is 0 Å². The summed E-state index contributed by atoms with van der Waals surface area (Å²) in [7, 11) is 4.15. The van der Waals surface area contributed by atoms with Crippen LogP contribution < -0.4 is 18.9 Å². The Labute approximate surface area is 192 Å². The highest BCUT2D eigenvalue weighted by Gasteiger charge is 2.12. The molecular formula is C25H25NO7. The number of nitrogens with zero attached hydrogens (tertiary/aromatic N) is 1. The van der Waals surface area contributed by atoms with Crippen LogP contribution in [-0.4, -0.2) is 39.9 Å². The molecule has 0 aliphatic rings. The minimum Gasteiger partial charge on any atom is -0.493 e. The van der Waals surface area contributed by atoms with Crippen molar-refractivity contribution in [2.24, 2.45) is 0 Å². The number of benzene rings is 2. The molecule has 0 radical (unpaired) electrons. The van der Waals surface area contributed by atoms with Crippen LogP contribution in [0.25, 0.3) is 12.2 Å². The molecule has 0 N–H and O–H groups in total. The Morgan fingerprint density at radius 3 is 2.21 bits per heavy atom. The van der Waals surface area contributed by atoms with E-state index in [1.54, 1.807) is 43.5 Å². The van der Waals surface area contributed by atoms with Crippen molar-refractivity contribution in [1.29, 1.82) is 5.26 Å². The van der Waals surface area contributed by atoms with Crippen LogP contribution in [0.4, 0.5) is 0 Å². The van der Waals surface area contributed by atoms with Crippen molar-refractivity contribution in [3.63, 3.8) is 0 Å². The van der Waals surface area contributed by atoms with Gasteiger partial charge in [0.15, 0.2) is 23.0 Å². The lowest BCUT2D eigenvalue weighted by molar-refractivity contribution is -0.135. The summed E-state index contributed by atoms with van der Waals surface area (Å²) >= 11 is 0. The zero-order valence-electron chi connectivity index (χ0n) is 18.9. The van der Waals surface area contributed by atoms with Crippen molar-refractivity contribution < 1.29 is 33.3 Å². The van der Waals surface area contributed by atoms with Crippen LogP contribution in [0.2, 0.25) is 0 Å². The number of ether oxygens (including phenoxy) is 5. The van der Waals surface area contributed by atoms with Gasteiger partial charge in [-0.3, -0.25) is 0 Å². The molecule has 0 amide bonds. The predicted molar refractivity (Wildman–Crippen MR) is 122 cm³/mol. The van der Waals surface area contributed by atoms with Gasteiger partial charge < -0.3 is 23.7 Å². The van der Waals surface area contributed by atoms with E-state index in [4.69, 9.17) is 24.2 Å². The molecule has 0 heterocycles. The number of hydrogen-bond acceptors (Lipinski definition) is 8. The Hall–Kier alpha value is -4.25. The molecule has 33 heavy (non-hydrogen) atoms. The summed E-state index contributed by atoms with van der Waals surface area (Å²) in [4.78, 5) is 23.9. The maximum atomic E-state index is 12.3. The fourth-order valence-electron chi connectivity index (χ4n) is 2.70. The van der Waals surface area contributed by atoms with Crippen molar-refractivity contribution in [2.75, 3.05) is 27.9 Å². The number of esters is 2. The Morgan fingerprint density at radius 2 is 1.58 bits per heavy atom. The van der Waals surface area contributed by atoms with Crippen LogP contribution in [0.5, 0.6) is 23.0 Å². The molecule has 0 fully saturated rings. The van der Waals surface area contributed by atoms with Crippen LogP contribution in [-0.2, 0) is 14.3 Å². The van der Waals surface area contributed by atoms with Crippen molar-refractivity contribution in [2.45, 2.75) is 13.3 Å². The lowest BCUT2D eigenvalue weighted by Gasteiger charge is -2.10. The summed E-state index contributed by atoms with van der Waals surface area (Å²) in [6, 6.07) is 11.7. The average Bonchev–Trinajstić information content (AvgIpc) is 2.85. The van der Waals surface area contributed by atoms with Crippen molar-refractivity contribution >= 4 is 24.1 Å². The number of nitriles is 1. The molecule has 2 aromatic rings. The average molecular weight is 451 g/mol. The Morgan fingerprint density at radius 1 is 0.939 bits per heavy atom. The van der Waals surface area contributed by atoms with Gasteiger partial charge in [-0.2, -0.15) is 5.26 Å². The molecule has 0 unspecified atom stereocenters. The number of methoxy groups -OCH3 is 3. The van der Waals surface area contributed by atoms with E-state index in [9.17, 15) is 9.59 Å². The fraction of sp³-hybridized carbons (Fsp3) is 0.240. The molecule has 0 spiro atoms. The van der Waals surface area contributed by atoms with Gasteiger partial charge in [-0.15, -0.1) is 0 Å². The van der Waals surface area contributed by atoms with Gasteiger partial charge >= 0.3 is 11.9 Å². The minimum absolute atomic E-state index is 0.172. The largest absolute Gasteiger partial charge is 0.493 e. The molecule has 8 heteroatoms. The van der Waals surface area contributed by atoms with Crippen LogP contribution in [0.1, 0.15) is 24.5 Å². The maximum Gasteiger partial charge on any atom is 0.348 e. The highest BCUT2D eigenvalue weighted by Crippen LogP contribution is 2.30. The normalized spacial score (nSPS) is 10.9. The number of carbonyl (C=O) groups excluding carboxylic acids is 2. The van der Waals surface area contributed by atoms with Gasteiger partial charge in [-0.05, 0) is 54.0 Å². The molecule has 0 saturated carbocycles. The lowest BCUT2D eigenvalue weighted by Crippen LogP contribution is -2.05. The van der Waals surface area contributed by atoms with Crippen LogP contribution >= 0.6 is 0 Å². The SMILES string of the molecule is CCCOc1ccc(/C=C/C(=O)Oc2ccc(/C=C(\C#N)C(=O)OC)cc2OC)cc1OC. The van der Waals surface area contributed by atoms with Crippen LogP contribution in [0, 0.1) is 11.3 Å². The third kappa shape index (κ3) is 7.14. The van der Waals surface area contributed by atoms with E-state index in [0.29, 0.717) is 23.7 Å². The van der Waals surface area contributed by atoms with Gasteiger partial charge in [0, 0.05) is 6.08 Å². The van der Waals surface area contributed by atoms with E-state index in [2.05, 4.69) is 4.74 Å². The second kappa shape index (κ2) is 12.6. The summed E-state index contributed by atoms with van der Waals surface area (Å²) in [5.41, 5.74) is 1.06. The highest BCUT2D eigenvalue weighted by molar-refractivity contribution is 5.98. The lowest BCUT2D eigenvalue weighted by atomic mass is 10.1. The summed E-state index contributed by atoms with van der Waals surface area (Å²) in [5.74, 6) is 0.263. The standard InChI is InChI=1S/C25H25NO7/c1-5-12-32-20-9-6-17(14-22(20)29-2)8-11-24(27)33-21-10-7-18(15-23(21)30-3)13-19(16-26)25(28)31-4/h6-11,13-15H,5,12H2,1-4H3/b11-8+,19-13+. The molecule has 8 nitrogen and oxygen atoms in total. The second-order valence-corrected chi connectivity index (χ2v) is 6.58. The Balaban J connectivity index is 2.15. The van der Waals surface area contributed by atoms with Crippen molar-refractivity contribution in [3.05, 3.63) is 59.2 Å². The van der Waals surface area contributed by atoms with Gasteiger partial charge in [0.05, 0.1) is 27.9 Å². The molecule has 172 valence electrons. The monoisotopic (exact) mass is 451 g/mol. The maximum absolute atomic E-state index is 12.3. The first-order valence-corrected chi connectivity index (χ1v) is 10.0. The summed E-state index contributed by atoms with van der Waals surface area (Å²) in [5, 5.41) is 9.09. The molecular weight excluding hydrogens is 426 g/mol. The molecule has 0 aliphatic heterocycles. The fourth-order valence-corrected chi connectivity index (χ4v) is 2.70. The first-order chi connectivity index (χ1) is 15.9. The van der Waals surface area contributed by atoms with E-state index >= 15 is 0 Å². The number of carbonyl (C=O) groups is 2. The van der Waals surface area contributed by atoms with Crippen molar-refractivity contribution in [1.82, 2.24) is 0 Å². The highest BCUT2D eigenvalue weighted by atomic mass is 16.6. The summed E-state index contributed by atoms with van der Waals surface area (Å²) in [6.07, 6.45) is 5.09. The first-order valence-electron chi connectivity index (χ1n) is 10.0. The van der Waals surface area contributed by atoms with Crippen molar-refractivity contribution in [3.8, 4) is 29.1 Å². The molecule has 0 bridgehead atoms. The minimum atomic E-state index is -0.751. The number of rotatable bonds is 10. The third-order valence-corrected chi connectivity index (χ3v) is 4.30. The van der Waals surface area contributed by atoms with E-state index in [-0.39, 0.29) is 17.1 Å². The first kappa shape index (κ1) is 25.0. The van der Waals surface area contributed by atoms with E-state index < -0.39 is 11.9 Å². The van der Waals surface area contributed by atoms with Crippen LogP contribution in [0.3, 0.4) is 0 Å². The predicted octanol–water partition coefficient (Wildman–Crippen LogP) is 4.19. The van der Waals surface area contributed by atoms with E-state index in [0.717, 1.165) is 12.0 Å². The number of hydrogen-bond donors (Lipinski definition) is 0. The quantitative estimate of drug-likeness (QED) is 0.229. The zero-order valence-corrected chi connectivity index (χ0v) is 18.9. The Kier molecular flexibility index (Phi) is 9.53. The molecule has 0 atom stereocenters. The van der Waals surface area contributed by atoms with Gasteiger partial charge in [-0.1, -0.05) is 19.1 Å². The third-order valence-electron chi connectivity index (χ3n) is 4.30. The van der Waals surface area contributed by atoms with Gasteiger partial charge in [0.1, 0.15) is 11.6 Å². The van der Waals surface area contributed by atoms with E-state index in [1.807, 2.05) is 6.92 Å². The molecule has 2 aromatic carbocycles. The summed E-state index contributed by atoms with van der Waals surface area (Å²) in [6.45, 7) is 2.59. The van der Waals surface area contributed by atoms with Crippen LogP contribution in [0.15, 0.2) is 48.0 Å². The van der Waals surface area contributed by atoms with E-state index in [1.165, 1.54) is 38.5 Å². The molecule has 0 aliphatic carbocycles.